The van der Waals surface area contributed by atoms with E-state index in [9.17, 15) is 0 Å². The summed E-state index contributed by atoms with van der Waals surface area (Å²) in [6.45, 7) is 0. The molecule has 0 fully saturated rings. The Morgan fingerprint density at radius 2 is 0.500 bits per heavy atom. The van der Waals surface area contributed by atoms with Gasteiger partial charge < -0.3 is 24.3 Å². The normalized spacial score (nSPS) is 0. The van der Waals surface area contributed by atoms with Crippen LogP contribution < -0.4 is 18.8 Å². The summed E-state index contributed by atoms with van der Waals surface area (Å²) < 4.78 is 0. The van der Waals surface area contributed by atoms with E-state index < -0.39 is 0 Å². The van der Waals surface area contributed by atoms with Gasteiger partial charge in [-0.15, -0.1) is 0 Å². The van der Waals surface area contributed by atoms with Crippen molar-refractivity contribution in [2.75, 3.05) is 0 Å². The average molecular weight is 146 g/mol. The van der Waals surface area contributed by atoms with Gasteiger partial charge in [0.2, 0.25) is 0 Å². The van der Waals surface area contributed by atoms with E-state index in [4.69, 9.17) is 0 Å². The maximum absolute atomic E-state index is 0. The van der Waals surface area contributed by atoms with Crippen LogP contribution in [0.1, 0.15) is 0 Å². The summed E-state index contributed by atoms with van der Waals surface area (Å²) in [4.78, 5) is 0. The van der Waals surface area contributed by atoms with E-state index in [1.54, 1.807) is 0 Å². The summed E-state index contributed by atoms with van der Waals surface area (Å²) >= 11 is 0. The molecule has 0 aliphatic rings. The monoisotopic (exact) mass is 146 g/mol. The number of halogens is 4. The summed E-state index contributed by atoms with van der Waals surface area (Å²) in [7, 11) is 0. The van der Waals surface area contributed by atoms with Gasteiger partial charge in [-0.05, 0) is 0 Å². The molecule has 0 aromatic carbocycles. The van der Waals surface area contributed by atoms with Gasteiger partial charge in [0.05, 0.1) is 0 Å². The van der Waals surface area contributed by atoms with E-state index in [0.29, 0.717) is 0 Å². The summed E-state index contributed by atoms with van der Waals surface area (Å²) in [5.41, 5.74) is 0. The predicted molar refractivity (Wildman–Crippen MR) is 3.61 cm³/mol. The van der Waals surface area contributed by atoms with E-state index >= 15 is 0 Å². The van der Waals surface area contributed by atoms with E-state index in [2.05, 4.69) is 0 Å². The van der Waals surface area contributed by atoms with Gasteiger partial charge in [-0.3, -0.25) is 0 Å². The molecule has 0 aliphatic carbocycles. The van der Waals surface area contributed by atoms with Crippen LogP contribution in [0.15, 0.2) is 0 Å². The van der Waals surface area contributed by atoms with Crippen LogP contribution in [0, 0.1) is 0 Å². The van der Waals surface area contributed by atoms with Crippen LogP contribution >= 0.6 is 0 Å². The Morgan fingerprint density at radius 3 is 0.500 bits per heavy atom. The SMILES string of the molecule is O.[Cr+4].[F-].[F-].[F-].[F-]. The van der Waals surface area contributed by atoms with Crippen molar-refractivity contribution in [2.45, 2.75) is 0 Å². The van der Waals surface area contributed by atoms with Crippen LogP contribution in [-0.2, 0) is 17.4 Å². The topological polar surface area (TPSA) is 31.5 Å². The maximum Gasteiger partial charge on any atom is 4.00 e. The molecular weight excluding hydrogens is 144 g/mol. The molecule has 0 unspecified atom stereocenters. The number of rotatable bonds is 0. The first-order valence-corrected chi connectivity index (χ1v) is 0. The number of hydrogen-bond donors (Lipinski definition) is 0. The Balaban J connectivity index is 0. The van der Waals surface area contributed by atoms with E-state index in [1.807, 2.05) is 0 Å². The molecule has 0 rings (SSSR count). The summed E-state index contributed by atoms with van der Waals surface area (Å²) in [6.07, 6.45) is 0. The molecule has 0 atom stereocenters. The van der Waals surface area contributed by atoms with E-state index in [0.717, 1.165) is 0 Å². The van der Waals surface area contributed by atoms with Crippen molar-refractivity contribution in [2.24, 2.45) is 0 Å². The van der Waals surface area contributed by atoms with E-state index in [1.165, 1.54) is 0 Å². The zero-order valence-electron chi connectivity index (χ0n) is 2.42. The second-order valence-electron chi connectivity index (χ2n) is 0. The van der Waals surface area contributed by atoms with Crippen molar-refractivity contribution in [3.8, 4) is 0 Å². The van der Waals surface area contributed by atoms with Gasteiger partial charge in [-0.2, -0.15) is 0 Å². The molecule has 0 bridgehead atoms. The Labute approximate surface area is 42.6 Å². The maximum atomic E-state index is 0. The van der Waals surface area contributed by atoms with Crippen molar-refractivity contribution in [3.05, 3.63) is 0 Å². The Hall–Kier alpha value is 0.212. The molecule has 2 N–H and O–H groups in total. The zero-order chi connectivity index (χ0) is 0. The first kappa shape index (κ1) is 3740. The smallest absolute Gasteiger partial charge is 1.00 e. The molecule has 0 saturated carbocycles. The molecule has 1 nitrogen and oxygen atoms in total. The summed E-state index contributed by atoms with van der Waals surface area (Å²) in [5.74, 6) is 0. The van der Waals surface area contributed by atoms with Crippen LogP contribution in [-0.4, -0.2) is 5.48 Å². The van der Waals surface area contributed by atoms with Crippen LogP contribution in [0.25, 0.3) is 0 Å². The fraction of sp³-hybridized carbons (Fsp3) is 0. The third-order valence-corrected chi connectivity index (χ3v) is 0. The second kappa shape index (κ2) is 2050. The second-order valence-corrected chi connectivity index (χ2v) is 0. The zero-order valence-corrected chi connectivity index (χ0v) is 3.70. The molecule has 6 heavy (non-hydrogen) atoms. The minimum atomic E-state index is 0. The first-order chi connectivity index (χ1) is 0. The minimum Gasteiger partial charge on any atom is -1.00 e. The van der Waals surface area contributed by atoms with Gasteiger partial charge in [-0.1, -0.05) is 0 Å². The van der Waals surface area contributed by atoms with Gasteiger partial charge in [-0.25, -0.2) is 0 Å². The standard InChI is InChI=1S/Cr.4FH.H2O/h;4*1H;1H2/q+4;;;;;/p-4. The molecule has 0 amide bonds. The van der Waals surface area contributed by atoms with Crippen LogP contribution in [0.4, 0.5) is 0 Å². The molecule has 6 heteroatoms. The van der Waals surface area contributed by atoms with Gasteiger partial charge in [0.15, 0.2) is 0 Å². The molecule has 0 aromatic rings. The van der Waals surface area contributed by atoms with Crippen molar-refractivity contribution in [3.63, 3.8) is 0 Å². The molecule has 0 aromatic heterocycles. The van der Waals surface area contributed by atoms with Crippen LogP contribution in [0.3, 0.4) is 0 Å². The Bertz CT molecular complexity index is 7.51. The molecular formula is H2CrF4O. The third kappa shape index (κ3) is 963. The molecule has 0 aliphatic heterocycles. The molecule has 0 heterocycles. The fourth-order valence-electron chi connectivity index (χ4n) is 0. The molecule has 0 radical (unpaired) electrons. The van der Waals surface area contributed by atoms with Crippen molar-refractivity contribution in [1.82, 2.24) is 0 Å². The summed E-state index contributed by atoms with van der Waals surface area (Å²) in [5, 5.41) is 0. The van der Waals surface area contributed by atoms with Gasteiger partial charge >= 0.3 is 17.4 Å². The van der Waals surface area contributed by atoms with Gasteiger partial charge in [0.1, 0.15) is 0 Å². The third-order valence-electron chi connectivity index (χ3n) is 0. The van der Waals surface area contributed by atoms with Crippen molar-refractivity contribution in [1.29, 1.82) is 0 Å². The fourth-order valence-corrected chi connectivity index (χ4v) is 0. The van der Waals surface area contributed by atoms with Crippen LogP contribution in [0.5, 0.6) is 0 Å². The summed E-state index contributed by atoms with van der Waals surface area (Å²) in [6, 6.07) is 0. The molecule has 42 valence electrons. The van der Waals surface area contributed by atoms with Gasteiger partial charge in [0.25, 0.3) is 0 Å². The van der Waals surface area contributed by atoms with Crippen molar-refractivity contribution >= 4 is 0 Å². The number of hydrogen-bond acceptors (Lipinski definition) is 0. The van der Waals surface area contributed by atoms with Crippen LogP contribution in [0.2, 0.25) is 0 Å². The first-order valence-electron chi connectivity index (χ1n) is 0. The largest absolute Gasteiger partial charge is 4.00 e. The molecule has 0 spiro atoms. The predicted octanol–water partition coefficient (Wildman–Crippen LogP) is -12.8. The minimum absolute atomic E-state index is 0. The quantitative estimate of drug-likeness (QED) is 0.304. The molecule has 0 saturated heterocycles. The Kier molecular flexibility index (Phi) is 1280000. The Morgan fingerprint density at radius 1 is 0.500 bits per heavy atom. The van der Waals surface area contributed by atoms with Crippen molar-refractivity contribution < 1.29 is 41.7 Å². The van der Waals surface area contributed by atoms with Gasteiger partial charge in [0, 0.05) is 0 Å². The van der Waals surface area contributed by atoms with E-state index in [-0.39, 0.29) is 41.7 Å². The average Bonchev–Trinajstić information content (AvgIpc) is 0.